The van der Waals surface area contributed by atoms with Gasteiger partial charge in [-0.3, -0.25) is 19.6 Å². The molecule has 0 aliphatic carbocycles. The molecular formula is C22H35N5O. The maximum Gasteiger partial charge on any atom is 0.227 e. The van der Waals surface area contributed by atoms with Gasteiger partial charge in [-0.2, -0.15) is 0 Å². The smallest absolute Gasteiger partial charge is 0.227 e. The number of hydrogen-bond donors (Lipinski definition) is 1. The molecule has 1 aromatic heterocycles. The van der Waals surface area contributed by atoms with Crippen molar-refractivity contribution in [1.82, 2.24) is 25.0 Å². The van der Waals surface area contributed by atoms with E-state index in [1.54, 1.807) is 0 Å². The Kier molecular flexibility index (Phi) is 6.94. The summed E-state index contributed by atoms with van der Waals surface area (Å²) in [5, 5.41) is 3.40. The van der Waals surface area contributed by atoms with Crippen molar-refractivity contribution in [3.05, 3.63) is 30.1 Å². The van der Waals surface area contributed by atoms with Gasteiger partial charge in [0.25, 0.3) is 0 Å². The minimum Gasteiger partial charge on any atom is -0.341 e. The number of aromatic nitrogens is 1. The molecule has 4 heterocycles. The highest BCUT2D eigenvalue weighted by atomic mass is 16.2. The molecule has 0 aromatic carbocycles. The van der Waals surface area contributed by atoms with Crippen LogP contribution in [0.25, 0.3) is 0 Å². The Hall–Kier alpha value is -1.50. The monoisotopic (exact) mass is 385 g/mol. The first-order chi connectivity index (χ1) is 13.8. The third-order valence-corrected chi connectivity index (χ3v) is 6.68. The molecule has 3 fully saturated rings. The summed E-state index contributed by atoms with van der Waals surface area (Å²) in [7, 11) is 0. The van der Waals surface area contributed by atoms with Gasteiger partial charge in [0, 0.05) is 51.2 Å². The molecule has 3 aliphatic heterocycles. The van der Waals surface area contributed by atoms with Gasteiger partial charge in [0.2, 0.25) is 5.91 Å². The molecule has 1 unspecified atom stereocenters. The molecule has 4 rings (SSSR count). The Morgan fingerprint density at radius 1 is 1.00 bits per heavy atom. The number of nitrogens with zero attached hydrogens (tertiary/aromatic N) is 4. The second-order valence-electron chi connectivity index (χ2n) is 8.63. The highest BCUT2D eigenvalue weighted by Crippen LogP contribution is 2.26. The van der Waals surface area contributed by atoms with Crippen LogP contribution in [-0.2, 0) is 11.3 Å². The van der Waals surface area contributed by atoms with E-state index >= 15 is 0 Å². The molecule has 0 radical (unpaired) electrons. The number of nitrogens with one attached hydrogen (secondary N) is 1. The highest BCUT2D eigenvalue weighted by Gasteiger charge is 2.33. The van der Waals surface area contributed by atoms with Crippen molar-refractivity contribution in [2.75, 3.05) is 52.4 Å². The first-order valence-electron chi connectivity index (χ1n) is 11.1. The summed E-state index contributed by atoms with van der Waals surface area (Å²) in [6, 6.07) is 4.88. The van der Waals surface area contributed by atoms with E-state index in [2.05, 4.69) is 37.1 Å². The lowest BCUT2D eigenvalue weighted by molar-refractivity contribution is -0.137. The predicted octanol–water partition coefficient (Wildman–Crippen LogP) is 1.58. The number of pyridine rings is 1. The van der Waals surface area contributed by atoms with Crippen LogP contribution in [0.15, 0.2) is 24.5 Å². The fourth-order valence-electron chi connectivity index (χ4n) is 5.05. The lowest BCUT2D eigenvalue weighted by atomic mass is 9.92. The third kappa shape index (κ3) is 5.10. The fraction of sp³-hybridized carbons (Fsp3) is 0.727. The normalized spacial score (nSPS) is 26.1. The molecule has 1 atom stereocenters. The molecule has 1 amide bonds. The van der Waals surface area contributed by atoms with Crippen LogP contribution in [0.3, 0.4) is 0 Å². The molecule has 1 aromatic rings. The molecule has 3 saturated heterocycles. The molecule has 28 heavy (non-hydrogen) atoms. The SMILES string of the molecule is O=C(C1CCCN(C2CCN(Cc3ccncc3)CC2)C1)N1CCCNCC1. The van der Waals surface area contributed by atoms with Gasteiger partial charge in [-0.25, -0.2) is 0 Å². The lowest BCUT2D eigenvalue weighted by Gasteiger charge is -2.42. The summed E-state index contributed by atoms with van der Waals surface area (Å²) in [5.74, 6) is 0.616. The van der Waals surface area contributed by atoms with Crippen LogP contribution in [-0.4, -0.2) is 84.0 Å². The van der Waals surface area contributed by atoms with Gasteiger partial charge in [0.1, 0.15) is 0 Å². The first kappa shape index (κ1) is 19.8. The van der Waals surface area contributed by atoms with E-state index in [0.29, 0.717) is 11.9 Å². The summed E-state index contributed by atoms with van der Waals surface area (Å²) < 4.78 is 0. The fourth-order valence-corrected chi connectivity index (χ4v) is 5.05. The standard InChI is InChI=1S/C22H35N5O/c28-22(26-13-2-8-23-11-16-26)20-3-1-12-27(18-20)21-6-14-25(15-7-21)17-19-4-9-24-10-5-19/h4-5,9-10,20-21,23H,1-3,6-8,11-18H2. The van der Waals surface area contributed by atoms with E-state index in [-0.39, 0.29) is 5.92 Å². The average Bonchev–Trinajstić information content (AvgIpc) is 3.04. The van der Waals surface area contributed by atoms with Crippen LogP contribution in [0.4, 0.5) is 0 Å². The summed E-state index contributed by atoms with van der Waals surface area (Å²) in [6.45, 7) is 9.26. The van der Waals surface area contributed by atoms with Crippen molar-refractivity contribution in [2.45, 2.75) is 44.7 Å². The number of amides is 1. The molecule has 6 nitrogen and oxygen atoms in total. The predicted molar refractivity (Wildman–Crippen MR) is 111 cm³/mol. The van der Waals surface area contributed by atoms with Crippen LogP contribution in [0, 0.1) is 5.92 Å². The third-order valence-electron chi connectivity index (χ3n) is 6.68. The van der Waals surface area contributed by atoms with Crippen molar-refractivity contribution in [1.29, 1.82) is 0 Å². The van der Waals surface area contributed by atoms with E-state index < -0.39 is 0 Å². The van der Waals surface area contributed by atoms with Gasteiger partial charge in [0.15, 0.2) is 0 Å². The molecule has 1 N–H and O–H groups in total. The summed E-state index contributed by atoms with van der Waals surface area (Å²) in [6.07, 6.45) is 9.53. The van der Waals surface area contributed by atoms with Gasteiger partial charge in [0.05, 0.1) is 5.92 Å². The number of hydrogen-bond acceptors (Lipinski definition) is 5. The van der Waals surface area contributed by atoms with E-state index in [0.717, 1.165) is 65.2 Å². The molecular weight excluding hydrogens is 350 g/mol. The number of likely N-dealkylation sites (tertiary alicyclic amines) is 2. The van der Waals surface area contributed by atoms with Gasteiger partial charge in [-0.15, -0.1) is 0 Å². The Balaban J connectivity index is 1.26. The average molecular weight is 386 g/mol. The van der Waals surface area contributed by atoms with Crippen molar-refractivity contribution in [3.8, 4) is 0 Å². The highest BCUT2D eigenvalue weighted by molar-refractivity contribution is 5.79. The molecule has 0 bridgehead atoms. The quantitative estimate of drug-likeness (QED) is 0.853. The van der Waals surface area contributed by atoms with Gasteiger partial charge in [-0.05, 0) is 76.0 Å². The molecule has 0 spiro atoms. The number of carbonyl (C=O) groups excluding carboxylic acids is 1. The first-order valence-corrected chi connectivity index (χ1v) is 11.1. The second-order valence-corrected chi connectivity index (χ2v) is 8.63. The number of piperidine rings is 2. The summed E-state index contributed by atoms with van der Waals surface area (Å²) >= 11 is 0. The van der Waals surface area contributed by atoms with Crippen molar-refractivity contribution in [2.24, 2.45) is 5.92 Å². The molecule has 154 valence electrons. The topological polar surface area (TPSA) is 51.7 Å². The van der Waals surface area contributed by atoms with Crippen molar-refractivity contribution < 1.29 is 4.79 Å². The largest absolute Gasteiger partial charge is 0.341 e. The number of carbonyl (C=O) groups is 1. The Morgan fingerprint density at radius 3 is 2.64 bits per heavy atom. The summed E-state index contributed by atoms with van der Waals surface area (Å²) in [5.41, 5.74) is 1.35. The molecule has 0 saturated carbocycles. The van der Waals surface area contributed by atoms with Crippen LogP contribution in [0.5, 0.6) is 0 Å². The van der Waals surface area contributed by atoms with Gasteiger partial charge < -0.3 is 10.2 Å². The Morgan fingerprint density at radius 2 is 1.82 bits per heavy atom. The van der Waals surface area contributed by atoms with Crippen molar-refractivity contribution >= 4 is 5.91 Å². The maximum absolute atomic E-state index is 13.0. The van der Waals surface area contributed by atoms with Gasteiger partial charge in [-0.1, -0.05) is 0 Å². The van der Waals surface area contributed by atoms with Crippen molar-refractivity contribution in [3.63, 3.8) is 0 Å². The van der Waals surface area contributed by atoms with Crippen LogP contribution in [0.1, 0.15) is 37.7 Å². The zero-order valence-corrected chi connectivity index (χ0v) is 17.1. The Labute approximate surface area is 169 Å². The van der Waals surface area contributed by atoms with Crippen LogP contribution >= 0.6 is 0 Å². The van der Waals surface area contributed by atoms with Crippen LogP contribution < -0.4 is 5.32 Å². The number of rotatable bonds is 4. The van der Waals surface area contributed by atoms with E-state index in [4.69, 9.17) is 0 Å². The maximum atomic E-state index is 13.0. The molecule has 6 heteroatoms. The minimum absolute atomic E-state index is 0.210. The summed E-state index contributed by atoms with van der Waals surface area (Å²) in [4.78, 5) is 24.5. The van der Waals surface area contributed by atoms with E-state index in [1.165, 1.54) is 31.4 Å². The molecule has 3 aliphatic rings. The Bertz CT molecular complexity index is 609. The zero-order chi connectivity index (χ0) is 19.2. The van der Waals surface area contributed by atoms with E-state index in [9.17, 15) is 4.79 Å². The minimum atomic E-state index is 0.210. The van der Waals surface area contributed by atoms with Crippen LogP contribution in [0.2, 0.25) is 0 Å². The van der Waals surface area contributed by atoms with Gasteiger partial charge >= 0.3 is 0 Å². The van der Waals surface area contributed by atoms with E-state index in [1.807, 2.05) is 12.4 Å². The zero-order valence-electron chi connectivity index (χ0n) is 17.1. The second kappa shape index (κ2) is 9.81. The lowest BCUT2D eigenvalue weighted by Crippen LogP contribution is -2.51.